The molecule has 0 saturated heterocycles. The molecule has 3 aromatic rings. The molecule has 3 aliphatic rings. The number of nitrogens with one attached hydrogen (secondary N) is 2. The molecule has 6 rings (SSSR count). The molecule has 0 spiro atoms. The van der Waals surface area contributed by atoms with Gasteiger partial charge in [0.1, 0.15) is 5.75 Å². The van der Waals surface area contributed by atoms with Crippen LogP contribution in [-0.2, 0) is 6.42 Å². The van der Waals surface area contributed by atoms with E-state index in [4.69, 9.17) is 0 Å². The van der Waals surface area contributed by atoms with Gasteiger partial charge in [-0.05, 0) is 67.9 Å². The van der Waals surface area contributed by atoms with Crippen LogP contribution in [0.1, 0.15) is 55.1 Å². The standard InChI is InChI=1S/C23H26N4O2/c1-2-18-21-17(23(29)25-19-11-13-3-5-14(19)6-4-13)12-20(24-22(21)27-26-18)15-7-9-16(28)10-8-15/h7-10,12-14,19,28H,2-6,11H2,1H3,(H,25,29)(H,24,26,27). The number of pyridine rings is 1. The fraction of sp³-hybridized carbons (Fsp3) is 0.435. The molecule has 1 aromatic carbocycles. The maximum absolute atomic E-state index is 13.4. The van der Waals surface area contributed by atoms with E-state index in [-0.39, 0.29) is 17.7 Å². The van der Waals surface area contributed by atoms with E-state index < -0.39 is 0 Å². The third-order valence-corrected chi connectivity index (χ3v) is 6.72. The molecule has 3 aliphatic carbocycles. The van der Waals surface area contributed by atoms with E-state index in [0.29, 0.717) is 22.8 Å². The summed E-state index contributed by atoms with van der Waals surface area (Å²) in [4.78, 5) is 18.1. The summed E-state index contributed by atoms with van der Waals surface area (Å²) in [6.07, 6.45) is 6.93. The minimum absolute atomic E-state index is 0.0360. The number of rotatable bonds is 4. The lowest BCUT2D eigenvalue weighted by molar-refractivity contribution is 0.0812. The number of phenolic OH excluding ortho intramolecular Hbond substituents is 1. The maximum atomic E-state index is 13.4. The number of aryl methyl sites for hydroxylation is 1. The van der Waals surface area contributed by atoms with Gasteiger partial charge < -0.3 is 10.4 Å². The van der Waals surface area contributed by atoms with Crippen molar-refractivity contribution in [3.8, 4) is 17.0 Å². The van der Waals surface area contributed by atoms with Crippen molar-refractivity contribution < 1.29 is 9.90 Å². The van der Waals surface area contributed by atoms with E-state index in [9.17, 15) is 9.90 Å². The van der Waals surface area contributed by atoms with E-state index in [0.717, 1.165) is 35.4 Å². The highest BCUT2D eigenvalue weighted by molar-refractivity contribution is 6.07. The minimum atomic E-state index is -0.0360. The van der Waals surface area contributed by atoms with Crippen LogP contribution in [-0.4, -0.2) is 32.2 Å². The van der Waals surface area contributed by atoms with E-state index in [1.165, 1.54) is 25.7 Å². The highest BCUT2D eigenvalue weighted by atomic mass is 16.3. The van der Waals surface area contributed by atoms with E-state index in [1.807, 2.05) is 13.0 Å². The van der Waals surface area contributed by atoms with Gasteiger partial charge in [-0.15, -0.1) is 0 Å². The van der Waals surface area contributed by atoms with Gasteiger partial charge in [0.25, 0.3) is 5.91 Å². The Labute approximate surface area is 169 Å². The van der Waals surface area contributed by atoms with Crippen LogP contribution in [0.4, 0.5) is 0 Å². The Hall–Kier alpha value is -2.89. The van der Waals surface area contributed by atoms with Gasteiger partial charge in [-0.25, -0.2) is 4.98 Å². The van der Waals surface area contributed by atoms with Crippen LogP contribution in [0.25, 0.3) is 22.3 Å². The van der Waals surface area contributed by atoms with Crippen molar-refractivity contribution in [2.45, 2.75) is 51.5 Å². The lowest BCUT2D eigenvalue weighted by atomic mass is 9.68. The average molecular weight is 390 g/mol. The Morgan fingerprint density at radius 2 is 1.97 bits per heavy atom. The summed E-state index contributed by atoms with van der Waals surface area (Å²) >= 11 is 0. The van der Waals surface area contributed by atoms with Crippen molar-refractivity contribution in [1.82, 2.24) is 20.5 Å². The average Bonchev–Trinajstić information content (AvgIpc) is 3.17. The third kappa shape index (κ3) is 3.26. The monoisotopic (exact) mass is 390 g/mol. The maximum Gasteiger partial charge on any atom is 0.252 e. The van der Waals surface area contributed by atoms with Crippen molar-refractivity contribution in [2.75, 3.05) is 0 Å². The van der Waals surface area contributed by atoms with Gasteiger partial charge in [0.05, 0.1) is 16.6 Å². The molecule has 2 aromatic heterocycles. The molecule has 1 amide bonds. The zero-order chi connectivity index (χ0) is 20.0. The second kappa shape index (κ2) is 7.17. The Morgan fingerprint density at radius 1 is 1.21 bits per heavy atom. The number of aromatic amines is 1. The number of fused-ring (bicyclic) bond motifs is 4. The number of hydrogen-bond acceptors (Lipinski definition) is 4. The summed E-state index contributed by atoms with van der Waals surface area (Å²) in [6.45, 7) is 2.04. The lowest BCUT2D eigenvalue weighted by Gasteiger charge is -2.42. The summed E-state index contributed by atoms with van der Waals surface area (Å²) < 4.78 is 0. The molecule has 2 bridgehead atoms. The second-order valence-electron chi connectivity index (χ2n) is 8.45. The number of H-pyrrole nitrogens is 1. The molecular weight excluding hydrogens is 364 g/mol. The predicted octanol–water partition coefficient (Wildman–Crippen LogP) is 4.20. The van der Waals surface area contributed by atoms with Crippen molar-refractivity contribution in [2.24, 2.45) is 11.8 Å². The SMILES string of the molecule is CCc1[nH]nc2nc(-c3ccc(O)cc3)cc(C(=O)NC3CC4CCC3CC4)c12. The summed E-state index contributed by atoms with van der Waals surface area (Å²) in [7, 11) is 0. The first kappa shape index (κ1) is 18.2. The first-order chi connectivity index (χ1) is 14.1. The quantitative estimate of drug-likeness (QED) is 0.623. The van der Waals surface area contributed by atoms with Crippen molar-refractivity contribution in [1.29, 1.82) is 0 Å². The van der Waals surface area contributed by atoms with Gasteiger partial charge in [0.2, 0.25) is 0 Å². The van der Waals surface area contributed by atoms with Crippen LogP contribution in [0.2, 0.25) is 0 Å². The number of phenols is 1. The van der Waals surface area contributed by atoms with Crippen molar-refractivity contribution >= 4 is 16.9 Å². The van der Waals surface area contributed by atoms with Gasteiger partial charge in [-0.3, -0.25) is 9.89 Å². The first-order valence-corrected chi connectivity index (χ1v) is 10.6. The Morgan fingerprint density at radius 3 is 2.62 bits per heavy atom. The normalized spacial score (nSPS) is 23.4. The number of benzene rings is 1. The summed E-state index contributed by atoms with van der Waals surface area (Å²) in [5, 5.41) is 21.1. The Balaban J connectivity index is 1.54. The fourth-order valence-corrected chi connectivity index (χ4v) is 5.10. The van der Waals surface area contributed by atoms with Crippen LogP contribution in [0.15, 0.2) is 30.3 Å². The smallest absolute Gasteiger partial charge is 0.252 e. The number of carbonyl (C=O) groups excluding carboxylic acids is 1. The summed E-state index contributed by atoms with van der Waals surface area (Å²) in [6, 6.07) is 8.99. The molecule has 3 saturated carbocycles. The number of aromatic hydroxyl groups is 1. The zero-order valence-corrected chi connectivity index (χ0v) is 16.6. The van der Waals surface area contributed by atoms with Crippen LogP contribution in [0, 0.1) is 11.8 Å². The van der Waals surface area contributed by atoms with E-state index in [2.05, 4.69) is 20.5 Å². The van der Waals surface area contributed by atoms with Crippen LogP contribution in [0.3, 0.4) is 0 Å². The summed E-state index contributed by atoms with van der Waals surface area (Å²) in [5.41, 5.74) is 3.64. The molecule has 0 radical (unpaired) electrons. The van der Waals surface area contributed by atoms with Gasteiger partial charge >= 0.3 is 0 Å². The first-order valence-electron chi connectivity index (χ1n) is 10.6. The van der Waals surface area contributed by atoms with Gasteiger partial charge in [-0.1, -0.05) is 19.8 Å². The number of amides is 1. The fourth-order valence-electron chi connectivity index (χ4n) is 5.10. The molecule has 2 heterocycles. The number of aromatic nitrogens is 3. The minimum Gasteiger partial charge on any atom is -0.508 e. The van der Waals surface area contributed by atoms with Gasteiger partial charge in [0.15, 0.2) is 5.65 Å². The summed E-state index contributed by atoms with van der Waals surface area (Å²) in [5.74, 6) is 1.53. The highest BCUT2D eigenvalue weighted by Gasteiger charge is 2.36. The van der Waals surface area contributed by atoms with Crippen molar-refractivity contribution in [3.05, 3.63) is 41.6 Å². The molecule has 29 heavy (non-hydrogen) atoms. The predicted molar refractivity (Wildman–Crippen MR) is 112 cm³/mol. The van der Waals surface area contributed by atoms with Crippen LogP contribution < -0.4 is 5.32 Å². The molecule has 1 unspecified atom stereocenters. The molecule has 1 atom stereocenters. The number of hydrogen-bond donors (Lipinski definition) is 3. The third-order valence-electron chi connectivity index (χ3n) is 6.72. The molecule has 3 N–H and O–H groups in total. The topological polar surface area (TPSA) is 90.9 Å². The largest absolute Gasteiger partial charge is 0.508 e. The highest BCUT2D eigenvalue weighted by Crippen LogP contribution is 2.41. The van der Waals surface area contributed by atoms with Crippen LogP contribution in [0.5, 0.6) is 5.75 Å². The number of carbonyl (C=O) groups is 1. The van der Waals surface area contributed by atoms with Gasteiger partial charge in [-0.2, -0.15) is 5.10 Å². The Bertz CT molecular complexity index is 1050. The van der Waals surface area contributed by atoms with Gasteiger partial charge in [0, 0.05) is 17.3 Å². The van der Waals surface area contributed by atoms with E-state index in [1.54, 1.807) is 24.3 Å². The molecule has 0 aliphatic heterocycles. The molecule has 3 fully saturated rings. The van der Waals surface area contributed by atoms with Crippen molar-refractivity contribution in [3.63, 3.8) is 0 Å². The lowest BCUT2D eigenvalue weighted by Crippen LogP contribution is -2.47. The molecule has 6 heteroatoms. The zero-order valence-electron chi connectivity index (χ0n) is 16.6. The number of nitrogens with zero attached hydrogens (tertiary/aromatic N) is 2. The van der Waals surface area contributed by atoms with Crippen LogP contribution >= 0.6 is 0 Å². The Kier molecular flexibility index (Phi) is 4.49. The van der Waals surface area contributed by atoms with E-state index >= 15 is 0 Å². The molecule has 150 valence electrons. The molecule has 6 nitrogen and oxygen atoms in total. The molecular formula is C23H26N4O2. The second-order valence-corrected chi connectivity index (χ2v) is 8.45.